The fourth-order valence-corrected chi connectivity index (χ4v) is 4.37. The number of ether oxygens (including phenoxy) is 1. The van der Waals surface area contributed by atoms with E-state index in [2.05, 4.69) is 0 Å². The van der Waals surface area contributed by atoms with E-state index in [9.17, 15) is 20.0 Å². The lowest BCUT2D eigenvalue weighted by Gasteiger charge is -2.40. The topological polar surface area (TPSA) is 92.9 Å². The number of nitro benzene ring substituents is 1. The lowest BCUT2D eigenvalue weighted by molar-refractivity contribution is -0.384. The maximum atomic E-state index is 13.6. The van der Waals surface area contributed by atoms with Crippen molar-refractivity contribution in [3.63, 3.8) is 0 Å². The summed E-state index contributed by atoms with van der Waals surface area (Å²) in [5, 5.41) is 22.1. The maximum Gasteiger partial charge on any atom is 0.269 e. The molecule has 0 saturated heterocycles. The van der Waals surface area contributed by atoms with Crippen LogP contribution in [-0.2, 0) is 17.0 Å². The van der Waals surface area contributed by atoms with Crippen molar-refractivity contribution < 1.29 is 19.6 Å². The van der Waals surface area contributed by atoms with Crippen molar-refractivity contribution >= 4 is 23.2 Å². The van der Waals surface area contributed by atoms with E-state index in [0.29, 0.717) is 40.1 Å². The van der Waals surface area contributed by atoms with Crippen molar-refractivity contribution in [1.82, 2.24) is 4.90 Å². The number of hydrogen-bond donors (Lipinski definition) is 1. The number of fused-ring (bicyclic) bond motifs is 1. The van der Waals surface area contributed by atoms with Crippen LogP contribution in [0.25, 0.3) is 0 Å². The van der Waals surface area contributed by atoms with Crippen molar-refractivity contribution in [3.8, 4) is 0 Å². The van der Waals surface area contributed by atoms with E-state index in [1.807, 2.05) is 24.3 Å². The Kier molecular flexibility index (Phi) is 5.20. The molecule has 1 aliphatic carbocycles. The number of carbonyl (C=O) groups excluding carboxylic acids is 1. The number of nitrogens with zero attached hydrogens (tertiary/aromatic N) is 2. The maximum absolute atomic E-state index is 13.6. The number of halogens is 1. The zero-order chi connectivity index (χ0) is 23.2. The molecule has 0 radical (unpaired) electrons. The summed E-state index contributed by atoms with van der Waals surface area (Å²) < 4.78 is 6.49. The van der Waals surface area contributed by atoms with Gasteiger partial charge in [-0.3, -0.25) is 19.8 Å². The third-order valence-electron chi connectivity index (χ3n) is 6.25. The highest BCUT2D eigenvalue weighted by atomic mass is 35.5. The van der Waals surface area contributed by atoms with Gasteiger partial charge in [-0.2, -0.15) is 0 Å². The first-order chi connectivity index (χ1) is 15.8. The van der Waals surface area contributed by atoms with E-state index >= 15 is 0 Å². The summed E-state index contributed by atoms with van der Waals surface area (Å²) in [5.74, 6) is -0.221. The van der Waals surface area contributed by atoms with E-state index < -0.39 is 16.2 Å². The van der Waals surface area contributed by atoms with Crippen LogP contribution in [0.4, 0.5) is 5.69 Å². The van der Waals surface area contributed by atoms with Gasteiger partial charge in [0, 0.05) is 40.4 Å². The lowest BCUT2D eigenvalue weighted by atomic mass is 9.93. The Bertz CT molecular complexity index is 1220. The SMILES string of the molecule is O=C1c2ccccc2C(OCC2(O)CC2)(c2ccc(Cl)cc2)N1Cc1ccc([N+](=O)[O-])cc1. The van der Waals surface area contributed by atoms with Gasteiger partial charge in [0.15, 0.2) is 5.72 Å². The third kappa shape index (κ3) is 3.78. The highest BCUT2D eigenvalue weighted by molar-refractivity contribution is 6.30. The summed E-state index contributed by atoms with van der Waals surface area (Å²) >= 11 is 6.14. The molecule has 2 aliphatic rings. The summed E-state index contributed by atoms with van der Waals surface area (Å²) in [6.45, 7) is 0.223. The minimum absolute atomic E-state index is 0.0223. The van der Waals surface area contributed by atoms with Gasteiger partial charge in [0.25, 0.3) is 11.6 Å². The van der Waals surface area contributed by atoms with Gasteiger partial charge in [-0.15, -0.1) is 0 Å². The molecule has 1 amide bonds. The minimum atomic E-state index is -1.28. The van der Waals surface area contributed by atoms with Gasteiger partial charge in [-0.25, -0.2) is 0 Å². The van der Waals surface area contributed by atoms with Crippen molar-refractivity contribution in [1.29, 1.82) is 0 Å². The average molecular weight is 465 g/mol. The molecule has 33 heavy (non-hydrogen) atoms. The van der Waals surface area contributed by atoms with Crippen LogP contribution < -0.4 is 0 Å². The molecule has 1 N–H and O–H groups in total. The predicted octanol–water partition coefficient (Wildman–Crippen LogP) is 4.65. The highest BCUT2D eigenvalue weighted by Crippen LogP contribution is 2.48. The molecule has 1 heterocycles. The summed E-state index contributed by atoms with van der Waals surface area (Å²) in [6, 6.07) is 20.5. The summed E-state index contributed by atoms with van der Waals surface area (Å²) in [5.41, 5.74) is 0.411. The Morgan fingerprint density at radius 3 is 2.33 bits per heavy atom. The first-order valence-corrected chi connectivity index (χ1v) is 11.0. The molecule has 3 aromatic carbocycles. The third-order valence-corrected chi connectivity index (χ3v) is 6.50. The highest BCUT2D eigenvalue weighted by Gasteiger charge is 2.54. The smallest absolute Gasteiger partial charge is 0.269 e. The van der Waals surface area contributed by atoms with Gasteiger partial charge in [0.2, 0.25) is 0 Å². The molecule has 1 atom stereocenters. The van der Waals surface area contributed by atoms with Crippen molar-refractivity contribution in [2.45, 2.75) is 30.7 Å². The number of aliphatic hydroxyl groups is 1. The molecule has 0 bridgehead atoms. The van der Waals surface area contributed by atoms with Crippen molar-refractivity contribution in [3.05, 3.63) is 110 Å². The molecule has 168 valence electrons. The Morgan fingerprint density at radius 2 is 1.70 bits per heavy atom. The van der Waals surface area contributed by atoms with E-state index in [1.54, 1.807) is 41.3 Å². The number of hydrogen-bond acceptors (Lipinski definition) is 5. The molecule has 1 fully saturated rings. The zero-order valence-electron chi connectivity index (χ0n) is 17.6. The summed E-state index contributed by atoms with van der Waals surface area (Å²) in [6.07, 6.45) is 1.28. The molecule has 3 aromatic rings. The van der Waals surface area contributed by atoms with Crippen LogP contribution in [0.2, 0.25) is 5.02 Å². The van der Waals surface area contributed by atoms with Crippen LogP contribution in [0.3, 0.4) is 0 Å². The van der Waals surface area contributed by atoms with Gasteiger partial charge in [-0.1, -0.05) is 54.1 Å². The van der Waals surface area contributed by atoms with Gasteiger partial charge in [0.1, 0.15) is 0 Å². The molecule has 5 rings (SSSR count). The van der Waals surface area contributed by atoms with Crippen LogP contribution in [0.5, 0.6) is 0 Å². The van der Waals surface area contributed by atoms with Gasteiger partial charge >= 0.3 is 0 Å². The number of amides is 1. The molecule has 1 unspecified atom stereocenters. The molecule has 0 aromatic heterocycles. The average Bonchev–Trinajstić information content (AvgIpc) is 3.51. The standard InChI is InChI=1S/C25H21ClN2O5/c26-19-9-7-18(8-10-19)25(33-16-24(30)13-14-24)22-4-2-1-3-21(22)23(29)27(25)15-17-5-11-20(12-6-17)28(31)32/h1-12,30H,13-16H2. The van der Waals surface area contributed by atoms with E-state index in [0.717, 1.165) is 0 Å². The van der Waals surface area contributed by atoms with Gasteiger partial charge < -0.3 is 9.84 Å². The Balaban J connectivity index is 1.63. The van der Waals surface area contributed by atoms with E-state index in [1.165, 1.54) is 12.1 Å². The van der Waals surface area contributed by atoms with Gasteiger partial charge in [0.05, 0.1) is 17.1 Å². The minimum Gasteiger partial charge on any atom is -0.387 e. The number of benzene rings is 3. The fourth-order valence-electron chi connectivity index (χ4n) is 4.24. The molecule has 1 saturated carbocycles. The quantitative estimate of drug-likeness (QED) is 0.406. The fraction of sp³-hybridized carbons (Fsp3) is 0.240. The van der Waals surface area contributed by atoms with E-state index in [4.69, 9.17) is 16.3 Å². The predicted molar refractivity (Wildman–Crippen MR) is 122 cm³/mol. The van der Waals surface area contributed by atoms with Crippen LogP contribution >= 0.6 is 11.6 Å². The number of nitro groups is 1. The Labute approximate surface area is 195 Å². The second-order valence-corrected chi connectivity index (χ2v) is 8.96. The normalized spacial score (nSPS) is 20.5. The first kappa shape index (κ1) is 21.6. The number of carbonyl (C=O) groups is 1. The second kappa shape index (κ2) is 7.95. The first-order valence-electron chi connectivity index (χ1n) is 10.6. The largest absolute Gasteiger partial charge is 0.387 e. The van der Waals surface area contributed by atoms with E-state index in [-0.39, 0.29) is 24.7 Å². The molecule has 1 aliphatic heterocycles. The molecular weight excluding hydrogens is 444 g/mol. The second-order valence-electron chi connectivity index (χ2n) is 8.52. The van der Waals surface area contributed by atoms with Crippen molar-refractivity contribution in [2.75, 3.05) is 6.61 Å². The zero-order valence-corrected chi connectivity index (χ0v) is 18.4. The van der Waals surface area contributed by atoms with Crippen LogP contribution in [0.1, 0.15) is 39.9 Å². The monoisotopic (exact) mass is 464 g/mol. The molecular formula is C25H21ClN2O5. The van der Waals surface area contributed by atoms with Gasteiger partial charge in [-0.05, 0) is 36.6 Å². The lowest BCUT2D eigenvalue weighted by Crippen LogP contribution is -2.47. The summed E-state index contributed by atoms with van der Waals surface area (Å²) in [4.78, 5) is 25.8. The summed E-state index contributed by atoms with van der Waals surface area (Å²) in [7, 11) is 0. The number of rotatable bonds is 7. The number of non-ortho nitro benzene ring substituents is 1. The molecule has 7 nitrogen and oxygen atoms in total. The van der Waals surface area contributed by atoms with Crippen LogP contribution in [-0.4, -0.2) is 33.0 Å². The molecule has 8 heteroatoms. The van der Waals surface area contributed by atoms with Crippen LogP contribution in [0.15, 0.2) is 72.8 Å². The molecule has 0 spiro atoms. The van der Waals surface area contributed by atoms with Crippen molar-refractivity contribution in [2.24, 2.45) is 0 Å². The Hall–Kier alpha value is -3.26. The Morgan fingerprint density at radius 1 is 1.03 bits per heavy atom. The van der Waals surface area contributed by atoms with Crippen LogP contribution in [0, 0.1) is 10.1 Å².